The number of methoxy groups -OCH3 is 1. The summed E-state index contributed by atoms with van der Waals surface area (Å²) in [7, 11) is 1.70. The van der Waals surface area contributed by atoms with Crippen LogP contribution in [0.1, 0.15) is 25.7 Å². The van der Waals surface area contributed by atoms with E-state index in [2.05, 4.69) is 15.3 Å². The van der Waals surface area contributed by atoms with E-state index in [1.54, 1.807) is 24.1 Å². The molecule has 2 aliphatic rings. The Kier molecular flexibility index (Phi) is 6.55. The molecule has 9 heteroatoms. The average Bonchev–Trinajstić information content (AvgIpc) is 3.20. The number of benzene rings is 1. The number of carbonyl (C=O) groups is 1. The van der Waals surface area contributed by atoms with E-state index in [0.29, 0.717) is 5.69 Å². The van der Waals surface area contributed by atoms with Gasteiger partial charge < -0.3 is 19.7 Å². The molecule has 0 radical (unpaired) electrons. The van der Waals surface area contributed by atoms with Crippen LogP contribution >= 0.6 is 11.6 Å². The summed E-state index contributed by atoms with van der Waals surface area (Å²) in [5.41, 5.74) is 1.59. The van der Waals surface area contributed by atoms with Crippen LogP contribution in [0.5, 0.6) is 0 Å². The summed E-state index contributed by atoms with van der Waals surface area (Å²) < 4.78 is 26.2. The fourth-order valence-corrected chi connectivity index (χ4v) is 3.95. The molecule has 1 saturated heterocycles. The number of hydrogen-bond acceptors (Lipinski definition) is 5. The first-order valence-corrected chi connectivity index (χ1v) is 10.6. The van der Waals surface area contributed by atoms with Crippen LogP contribution in [0.2, 0.25) is 5.02 Å². The number of piperidine rings is 1. The van der Waals surface area contributed by atoms with Gasteiger partial charge >= 0.3 is 0 Å². The van der Waals surface area contributed by atoms with Crippen molar-refractivity contribution in [2.45, 2.75) is 43.9 Å². The second kappa shape index (κ2) is 9.32. The Balaban J connectivity index is 1.22. The highest BCUT2D eigenvalue weighted by atomic mass is 35.5. The van der Waals surface area contributed by atoms with Crippen LogP contribution in [0.3, 0.4) is 0 Å². The molecule has 2 heterocycles. The minimum absolute atomic E-state index is 0.0631. The predicted octanol–water partition coefficient (Wildman–Crippen LogP) is 2.94. The fraction of sp³-hybridized carbons (Fsp3) is 0.524. The van der Waals surface area contributed by atoms with Crippen LogP contribution in [0.25, 0.3) is 5.69 Å². The molecule has 0 bridgehead atoms. The molecule has 2 fully saturated rings. The first-order chi connectivity index (χ1) is 14.5. The summed E-state index contributed by atoms with van der Waals surface area (Å²) in [5.74, 6) is -0.533. The van der Waals surface area contributed by atoms with Gasteiger partial charge in [0.1, 0.15) is 12.4 Å². The van der Waals surface area contributed by atoms with Gasteiger partial charge in [0.2, 0.25) is 5.91 Å². The van der Waals surface area contributed by atoms with Crippen molar-refractivity contribution in [2.75, 3.05) is 31.7 Å². The van der Waals surface area contributed by atoms with Crippen molar-refractivity contribution in [3.8, 4) is 5.69 Å². The Morgan fingerprint density at radius 1 is 1.27 bits per heavy atom. The highest BCUT2D eigenvalue weighted by molar-refractivity contribution is 6.30. The molecule has 1 saturated carbocycles. The molecule has 2 aromatic rings. The molecule has 1 aromatic carbocycles. The zero-order valence-electron chi connectivity index (χ0n) is 16.9. The van der Waals surface area contributed by atoms with Crippen molar-refractivity contribution in [3.05, 3.63) is 41.4 Å². The topological polar surface area (TPSA) is 68.6 Å². The number of amides is 1. The lowest BCUT2D eigenvalue weighted by atomic mass is 9.92. The molecule has 162 valence electrons. The Bertz CT molecular complexity index is 879. The first-order valence-electron chi connectivity index (χ1n) is 10.2. The first kappa shape index (κ1) is 21.1. The van der Waals surface area contributed by atoms with Crippen molar-refractivity contribution in [3.63, 3.8) is 0 Å². The number of aromatic nitrogens is 2. The van der Waals surface area contributed by atoms with E-state index < -0.39 is 5.82 Å². The van der Waals surface area contributed by atoms with Gasteiger partial charge in [0.15, 0.2) is 0 Å². The Labute approximate surface area is 180 Å². The fourth-order valence-electron chi connectivity index (χ4n) is 3.84. The standard InChI is InChI=1S/C21H26ClFN4O3/c1-29-17-9-18(10-17)30-13-21(28)25-14-4-6-26(7-5-14)16-11-24-27(12-16)15-2-3-19(22)20(23)8-15/h2-3,8,11-12,14,17-18H,4-7,9-10,13H2,1H3,(H,25,28). The number of hydrogen-bond donors (Lipinski definition) is 1. The minimum Gasteiger partial charge on any atom is -0.381 e. The minimum atomic E-state index is -0.470. The van der Waals surface area contributed by atoms with Crippen LogP contribution in [0, 0.1) is 5.82 Å². The van der Waals surface area contributed by atoms with Crippen molar-refractivity contribution in [1.29, 1.82) is 0 Å². The number of anilines is 1. The summed E-state index contributed by atoms with van der Waals surface area (Å²) in [6.07, 6.45) is 7.46. The molecular formula is C21H26ClFN4O3. The van der Waals surface area contributed by atoms with Gasteiger partial charge in [-0.3, -0.25) is 4.79 Å². The molecule has 1 amide bonds. The molecule has 1 aromatic heterocycles. The number of rotatable bonds is 7. The van der Waals surface area contributed by atoms with Gasteiger partial charge in [-0.2, -0.15) is 5.10 Å². The van der Waals surface area contributed by atoms with E-state index in [1.165, 1.54) is 12.1 Å². The highest BCUT2D eigenvalue weighted by Gasteiger charge is 2.30. The Morgan fingerprint density at radius 3 is 2.73 bits per heavy atom. The molecule has 1 N–H and O–H groups in total. The van der Waals surface area contributed by atoms with Gasteiger partial charge in [-0.1, -0.05) is 11.6 Å². The molecule has 7 nitrogen and oxygen atoms in total. The maximum absolute atomic E-state index is 13.7. The zero-order valence-corrected chi connectivity index (χ0v) is 17.6. The van der Waals surface area contributed by atoms with Crippen molar-refractivity contribution < 1.29 is 18.7 Å². The molecule has 0 spiro atoms. The number of nitrogens with one attached hydrogen (secondary N) is 1. The third-order valence-electron chi connectivity index (χ3n) is 5.80. The molecule has 0 unspecified atom stereocenters. The highest BCUT2D eigenvalue weighted by Crippen LogP contribution is 2.26. The number of nitrogens with zero attached hydrogens (tertiary/aromatic N) is 3. The lowest BCUT2D eigenvalue weighted by Gasteiger charge is -2.34. The van der Waals surface area contributed by atoms with Crippen molar-refractivity contribution >= 4 is 23.2 Å². The van der Waals surface area contributed by atoms with Crippen molar-refractivity contribution in [2.24, 2.45) is 0 Å². The predicted molar refractivity (Wildman–Crippen MR) is 112 cm³/mol. The van der Waals surface area contributed by atoms with Crippen LogP contribution in [0.15, 0.2) is 30.6 Å². The summed E-state index contributed by atoms with van der Waals surface area (Å²) in [6, 6.07) is 4.75. The Hall–Kier alpha value is -2.16. The van der Waals surface area contributed by atoms with E-state index in [-0.39, 0.29) is 35.8 Å². The second-order valence-corrected chi connectivity index (χ2v) is 8.24. The maximum atomic E-state index is 13.7. The molecular weight excluding hydrogens is 411 g/mol. The van der Waals surface area contributed by atoms with Gasteiger partial charge in [-0.15, -0.1) is 0 Å². The van der Waals surface area contributed by atoms with Crippen LogP contribution in [-0.4, -0.2) is 60.7 Å². The van der Waals surface area contributed by atoms with Crippen LogP contribution < -0.4 is 10.2 Å². The summed E-state index contributed by atoms with van der Waals surface area (Å²) in [4.78, 5) is 14.4. The number of ether oxygens (including phenoxy) is 2. The van der Waals surface area contributed by atoms with Crippen LogP contribution in [-0.2, 0) is 14.3 Å². The summed E-state index contributed by atoms with van der Waals surface area (Å²) in [6.45, 7) is 1.72. The lowest BCUT2D eigenvalue weighted by molar-refractivity contribution is -0.136. The van der Waals surface area contributed by atoms with E-state index in [9.17, 15) is 9.18 Å². The van der Waals surface area contributed by atoms with Gasteiger partial charge in [0.05, 0.1) is 41.0 Å². The zero-order chi connectivity index (χ0) is 21.1. The van der Waals surface area contributed by atoms with E-state index in [1.807, 2.05) is 6.20 Å². The molecule has 1 aliphatic carbocycles. The largest absolute Gasteiger partial charge is 0.381 e. The van der Waals surface area contributed by atoms with Gasteiger partial charge in [-0.05, 0) is 37.8 Å². The summed E-state index contributed by atoms with van der Waals surface area (Å²) in [5, 5.41) is 7.49. The average molecular weight is 437 g/mol. The van der Waals surface area contributed by atoms with Gasteiger partial charge in [0.25, 0.3) is 0 Å². The van der Waals surface area contributed by atoms with E-state index >= 15 is 0 Å². The lowest BCUT2D eigenvalue weighted by Crippen LogP contribution is -2.46. The van der Waals surface area contributed by atoms with E-state index in [0.717, 1.165) is 44.5 Å². The second-order valence-electron chi connectivity index (χ2n) is 7.83. The third kappa shape index (κ3) is 4.94. The summed E-state index contributed by atoms with van der Waals surface area (Å²) >= 11 is 5.75. The quantitative estimate of drug-likeness (QED) is 0.722. The van der Waals surface area contributed by atoms with Crippen LogP contribution in [0.4, 0.5) is 10.1 Å². The SMILES string of the molecule is COC1CC(OCC(=O)NC2CCN(c3cnn(-c4ccc(Cl)c(F)c4)c3)CC2)C1. The normalized spacial score (nSPS) is 22.0. The monoisotopic (exact) mass is 436 g/mol. The number of carbonyl (C=O) groups excluding carboxylic acids is 1. The Morgan fingerprint density at radius 2 is 2.03 bits per heavy atom. The molecule has 30 heavy (non-hydrogen) atoms. The smallest absolute Gasteiger partial charge is 0.246 e. The van der Waals surface area contributed by atoms with Crippen molar-refractivity contribution in [1.82, 2.24) is 15.1 Å². The van der Waals surface area contributed by atoms with E-state index in [4.69, 9.17) is 21.1 Å². The maximum Gasteiger partial charge on any atom is 0.246 e. The molecule has 1 aliphatic heterocycles. The molecule has 0 atom stereocenters. The third-order valence-corrected chi connectivity index (χ3v) is 6.10. The van der Waals surface area contributed by atoms with Gasteiger partial charge in [0, 0.05) is 32.3 Å². The molecule has 4 rings (SSSR count). The van der Waals surface area contributed by atoms with Gasteiger partial charge in [-0.25, -0.2) is 9.07 Å². The number of halogens is 2.